The molecular formula is C10H13NS. The SMILES string of the molecule is C=C(NSC)c1ccc(C)cc1. The van der Waals surface area contributed by atoms with Gasteiger partial charge in [0.25, 0.3) is 0 Å². The molecule has 1 aromatic carbocycles. The van der Waals surface area contributed by atoms with E-state index >= 15 is 0 Å². The lowest BCUT2D eigenvalue weighted by Crippen LogP contribution is -1.99. The number of hydrogen-bond donors (Lipinski definition) is 1. The van der Waals surface area contributed by atoms with Gasteiger partial charge in [0.15, 0.2) is 0 Å². The maximum absolute atomic E-state index is 3.91. The van der Waals surface area contributed by atoms with E-state index < -0.39 is 0 Å². The third kappa shape index (κ3) is 2.31. The van der Waals surface area contributed by atoms with Crippen molar-refractivity contribution in [2.24, 2.45) is 0 Å². The van der Waals surface area contributed by atoms with Crippen molar-refractivity contribution in [1.82, 2.24) is 4.72 Å². The zero-order valence-corrected chi connectivity index (χ0v) is 8.24. The summed E-state index contributed by atoms with van der Waals surface area (Å²) in [5, 5.41) is 0. The number of aryl methyl sites for hydroxylation is 1. The van der Waals surface area contributed by atoms with Crippen molar-refractivity contribution in [3.05, 3.63) is 42.0 Å². The van der Waals surface area contributed by atoms with Crippen LogP contribution in [0, 0.1) is 6.92 Å². The normalized spacial score (nSPS) is 9.50. The molecule has 1 N–H and O–H groups in total. The van der Waals surface area contributed by atoms with Crippen molar-refractivity contribution in [1.29, 1.82) is 0 Å². The summed E-state index contributed by atoms with van der Waals surface area (Å²) in [6.45, 7) is 5.99. The fourth-order valence-electron chi connectivity index (χ4n) is 0.937. The van der Waals surface area contributed by atoms with Crippen LogP contribution in [0.4, 0.5) is 0 Å². The summed E-state index contributed by atoms with van der Waals surface area (Å²) in [6, 6.07) is 8.31. The smallest absolute Gasteiger partial charge is 0.0440 e. The molecule has 0 aliphatic rings. The molecule has 0 aromatic heterocycles. The van der Waals surface area contributed by atoms with Crippen LogP contribution < -0.4 is 4.72 Å². The van der Waals surface area contributed by atoms with Crippen LogP contribution in [0.3, 0.4) is 0 Å². The molecule has 1 rings (SSSR count). The lowest BCUT2D eigenvalue weighted by molar-refractivity contribution is 1.39. The van der Waals surface area contributed by atoms with Crippen LogP contribution in [0.15, 0.2) is 30.8 Å². The van der Waals surface area contributed by atoms with E-state index in [1.54, 1.807) is 11.9 Å². The van der Waals surface area contributed by atoms with E-state index in [-0.39, 0.29) is 0 Å². The first-order valence-electron chi connectivity index (χ1n) is 3.79. The Morgan fingerprint density at radius 3 is 2.42 bits per heavy atom. The molecular weight excluding hydrogens is 166 g/mol. The van der Waals surface area contributed by atoms with Gasteiger partial charge < -0.3 is 4.72 Å². The fourth-order valence-corrected chi connectivity index (χ4v) is 1.30. The van der Waals surface area contributed by atoms with E-state index in [1.807, 2.05) is 6.26 Å². The van der Waals surface area contributed by atoms with Gasteiger partial charge in [-0.05, 0) is 12.5 Å². The summed E-state index contributed by atoms with van der Waals surface area (Å²) in [6.07, 6.45) is 1.99. The zero-order valence-electron chi connectivity index (χ0n) is 7.42. The monoisotopic (exact) mass is 179 g/mol. The first kappa shape index (κ1) is 9.20. The van der Waals surface area contributed by atoms with Crippen molar-refractivity contribution in [3.63, 3.8) is 0 Å². The van der Waals surface area contributed by atoms with Crippen molar-refractivity contribution in [3.8, 4) is 0 Å². The Balaban J connectivity index is 2.75. The molecule has 0 heterocycles. The molecule has 0 unspecified atom stereocenters. The Hall–Kier alpha value is -0.890. The average molecular weight is 179 g/mol. The number of nitrogens with one attached hydrogen (secondary N) is 1. The van der Waals surface area contributed by atoms with Crippen LogP contribution >= 0.6 is 11.9 Å². The minimum Gasteiger partial charge on any atom is -0.330 e. The molecule has 0 radical (unpaired) electrons. The summed E-state index contributed by atoms with van der Waals surface area (Å²) in [7, 11) is 0. The van der Waals surface area contributed by atoms with Crippen LogP contribution in [0.25, 0.3) is 5.70 Å². The highest BCUT2D eigenvalue weighted by Crippen LogP contribution is 2.11. The molecule has 64 valence electrons. The second-order valence-electron chi connectivity index (χ2n) is 2.65. The van der Waals surface area contributed by atoms with Gasteiger partial charge in [-0.3, -0.25) is 0 Å². The Kier molecular flexibility index (Phi) is 3.23. The topological polar surface area (TPSA) is 12.0 Å². The van der Waals surface area contributed by atoms with Crippen LogP contribution in [0.1, 0.15) is 11.1 Å². The molecule has 2 heteroatoms. The first-order valence-corrected chi connectivity index (χ1v) is 5.01. The molecule has 0 aliphatic carbocycles. The fraction of sp³-hybridized carbons (Fsp3) is 0.200. The molecule has 0 fully saturated rings. The van der Waals surface area contributed by atoms with Gasteiger partial charge in [0.05, 0.1) is 0 Å². The molecule has 0 atom stereocenters. The van der Waals surface area contributed by atoms with Crippen molar-refractivity contribution in [2.75, 3.05) is 6.26 Å². The van der Waals surface area contributed by atoms with Crippen molar-refractivity contribution >= 4 is 17.6 Å². The van der Waals surface area contributed by atoms with E-state index in [9.17, 15) is 0 Å². The Morgan fingerprint density at radius 2 is 1.92 bits per heavy atom. The average Bonchev–Trinajstić information content (AvgIpc) is 2.06. The Morgan fingerprint density at radius 1 is 1.33 bits per heavy atom. The van der Waals surface area contributed by atoms with Gasteiger partial charge in [0.1, 0.15) is 0 Å². The predicted octanol–water partition coefficient (Wildman–Crippen LogP) is 2.83. The van der Waals surface area contributed by atoms with Crippen LogP contribution in [0.2, 0.25) is 0 Å². The van der Waals surface area contributed by atoms with Gasteiger partial charge in [0.2, 0.25) is 0 Å². The second kappa shape index (κ2) is 4.21. The lowest BCUT2D eigenvalue weighted by Gasteiger charge is -2.05. The molecule has 0 saturated carbocycles. The highest BCUT2D eigenvalue weighted by atomic mass is 32.2. The van der Waals surface area contributed by atoms with Crippen molar-refractivity contribution < 1.29 is 0 Å². The van der Waals surface area contributed by atoms with E-state index in [4.69, 9.17) is 0 Å². The van der Waals surface area contributed by atoms with Gasteiger partial charge >= 0.3 is 0 Å². The van der Waals surface area contributed by atoms with Gasteiger partial charge in [-0.15, -0.1) is 0 Å². The van der Waals surface area contributed by atoms with E-state index in [2.05, 4.69) is 42.5 Å². The molecule has 1 nitrogen and oxygen atoms in total. The third-order valence-corrected chi connectivity index (χ3v) is 2.08. The third-order valence-electron chi connectivity index (χ3n) is 1.63. The van der Waals surface area contributed by atoms with Gasteiger partial charge in [-0.1, -0.05) is 48.4 Å². The zero-order chi connectivity index (χ0) is 8.97. The summed E-state index contributed by atoms with van der Waals surface area (Å²) in [4.78, 5) is 0. The minimum absolute atomic E-state index is 0.961. The first-order chi connectivity index (χ1) is 5.74. The molecule has 1 aromatic rings. The molecule has 0 saturated heterocycles. The van der Waals surface area contributed by atoms with Crippen LogP contribution in [-0.2, 0) is 0 Å². The highest BCUT2D eigenvalue weighted by molar-refractivity contribution is 7.97. The summed E-state index contributed by atoms with van der Waals surface area (Å²) < 4.78 is 3.10. The number of benzene rings is 1. The number of hydrogen-bond acceptors (Lipinski definition) is 2. The van der Waals surface area contributed by atoms with Crippen LogP contribution in [-0.4, -0.2) is 6.26 Å². The second-order valence-corrected chi connectivity index (χ2v) is 3.26. The lowest BCUT2D eigenvalue weighted by atomic mass is 10.1. The summed E-state index contributed by atoms with van der Waals surface area (Å²) in [5.41, 5.74) is 3.38. The summed E-state index contributed by atoms with van der Waals surface area (Å²) >= 11 is 1.56. The minimum atomic E-state index is 0.961. The van der Waals surface area contributed by atoms with E-state index in [0.717, 1.165) is 11.3 Å². The maximum Gasteiger partial charge on any atom is 0.0440 e. The van der Waals surface area contributed by atoms with E-state index in [1.165, 1.54) is 5.56 Å². The predicted molar refractivity (Wildman–Crippen MR) is 56.9 cm³/mol. The molecule has 12 heavy (non-hydrogen) atoms. The largest absolute Gasteiger partial charge is 0.330 e. The van der Waals surface area contributed by atoms with E-state index in [0.29, 0.717) is 0 Å². The molecule has 0 aliphatic heterocycles. The van der Waals surface area contributed by atoms with Gasteiger partial charge in [-0.25, -0.2) is 0 Å². The Bertz CT molecular complexity index is 264. The van der Waals surface area contributed by atoms with Gasteiger partial charge in [0, 0.05) is 12.0 Å². The van der Waals surface area contributed by atoms with Gasteiger partial charge in [-0.2, -0.15) is 0 Å². The molecule has 0 spiro atoms. The Labute approximate surface area is 78.0 Å². The standard InChI is InChI=1S/C10H13NS/c1-8-4-6-10(7-5-8)9(2)11-12-3/h4-7,11H,2H2,1,3H3. The highest BCUT2D eigenvalue weighted by Gasteiger charge is 1.95. The van der Waals surface area contributed by atoms with Crippen molar-refractivity contribution in [2.45, 2.75) is 6.92 Å². The quantitative estimate of drug-likeness (QED) is 0.716. The van der Waals surface area contributed by atoms with Crippen LogP contribution in [0.5, 0.6) is 0 Å². The molecule has 0 amide bonds. The molecule has 0 bridgehead atoms. The summed E-state index contributed by atoms with van der Waals surface area (Å²) in [5.74, 6) is 0. The number of rotatable bonds is 3. The maximum atomic E-state index is 3.91.